The molecule has 7 N–H and O–H groups in total. The van der Waals surface area contributed by atoms with Crippen molar-refractivity contribution in [1.82, 2.24) is 10.6 Å². The fourth-order valence-corrected chi connectivity index (χ4v) is 4.55. The van der Waals surface area contributed by atoms with E-state index in [1.165, 1.54) is 0 Å². The number of nitrogens with two attached hydrogens (primary N) is 2. The highest BCUT2D eigenvalue weighted by Gasteiger charge is 2.30. The first-order valence-corrected chi connectivity index (χ1v) is 14.4. The summed E-state index contributed by atoms with van der Waals surface area (Å²) in [6.45, 7) is 11.2. The van der Waals surface area contributed by atoms with Gasteiger partial charge >= 0.3 is 0 Å². The molecule has 0 unspecified atom stereocenters. The Labute approximate surface area is 252 Å². The number of para-hydroxylation sites is 1. The summed E-state index contributed by atoms with van der Waals surface area (Å²) in [5.41, 5.74) is 12.1. The van der Waals surface area contributed by atoms with Gasteiger partial charge in [-0.3, -0.25) is 14.4 Å². The number of aliphatic hydroxyl groups excluding tert-OH is 1. The third-order valence-electron chi connectivity index (χ3n) is 7.20. The number of carbonyl (C=O) groups excluding carboxylic acids is 3. The van der Waals surface area contributed by atoms with Gasteiger partial charge in [0, 0.05) is 44.7 Å². The van der Waals surface area contributed by atoms with Crippen LogP contribution in [0.25, 0.3) is 0 Å². The zero-order valence-electron chi connectivity index (χ0n) is 25.6. The molecule has 0 aliphatic heterocycles. The lowest BCUT2D eigenvalue weighted by atomic mass is 9.83. The lowest BCUT2D eigenvalue weighted by molar-refractivity contribution is -0.128. The smallest absolute Gasteiger partial charge is 0.255 e. The van der Waals surface area contributed by atoms with Gasteiger partial charge in [0.1, 0.15) is 5.75 Å². The molecule has 11 heteroatoms. The molecule has 41 heavy (non-hydrogen) atoms. The minimum Gasteiger partial charge on any atom is -0.493 e. The van der Waals surface area contributed by atoms with Gasteiger partial charge in [-0.15, -0.1) is 12.4 Å². The monoisotopic (exact) mass is 600 g/mol. The van der Waals surface area contributed by atoms with Crippen LogP contribution in [0.3, 0.4) is 0 Å². The summed E-state index contributed by atoms with van der Waals surface area (Å²) in [5, 5.41) is 16.8. The Kier molecular flexibility index (Phi) is 19.3. The predicted octanol–water partition coefficient (Wildman–Crippen LogP) is 3.04. The van der Waals surface area contributed by atoms with Crippen LogP contribution < -0.4 is 26.8 Å². The first kappa shape index (κ1) is 38.6. The van der Waals surface area contributed by atoms with E-state index in [0.717, 1.165) is 12.8 Å². The first-order valence-electron chi connectivity index (χ1n) is 14.4. The molecule has 1 aromatic carbocycles. The van der Waals surface area contributed by atoms with E-state index in [0.29, 0.717) is 37.5 Å². The fraction of sp³-hybridized carbons (Fsp3) is 0.700. The lowest BCUT2D eigenvalue weighted by Crippen LogP contribution is -2.45. The van der Waals surface area contributed by atoms with Gasteiger partial charge in [-0.05, 0) is 62.5 Å². The largest absolute Gasteiger partial charge is 0.493 e. The number of hydrogen-bond donors (Lipinski definition) is 5. The van der Waals surface area contributed by atoms with E-state index in [4.69, 9.17) is 20.9 Å². The first-order chi connectivity index (χ1) is 18.9. The van der Waals surface area contributed by atoms with Crippen molar-refractivity contribution in [3.05, 3.63) is 29.8 Å². The number of nitrogens with one attached hydrogen (secondary N) is 2. The number of methoxy groups -OCH3 is 1. The summed E-state index contributed by atoms with van der Waals surface area (Å²) in [4.78, 5) is 37.0. The van der Waals surface area contributed by atoms with Gasteiger partial charge in [0.25, 0.3) is 5.91 Å². The van der Waals surface area contributed by atoms with Gasteiger partial charge < -0.3 is 36.7 Å². The Bertz CT molecular complexity index is 917. The Morgan fingerprint density at radius 2 is 1.61 bits per heavy atom. The molecular formula is C30H53ClN4O6. The number of unbranched alkanes of at least 4 members (excludes halogenated alkanes) is 1. The van der Waals surface area contributed by atoms with Crippen LogP contribution in [0.1, 0.15) is 77.1 Å². The molecule has 0 radical (unpaired) electrons. The van der Waals surface area contributed by atoms with Crippen molar-refractivity contribution in [3.63, 3.8) is 0 Å². The van der Waals surface area contributed by atoms with E-state index in [-0.39, 0.29) is 54.8 Å². The fourth-order valence-electron chi connectivity index (χ4n) is 4.55. The van der Waals surface area contributed by atoms with Crippen LogP contribution >= 0.6 is 12.4 Å². The van der Waals surface area contributed by atoms with E-state index in [9.17, 15) is 19.5 Å². The van der Waals surface area contributed by atoms with Crippen molar-refractivity contribution in [2.45, 2.75) is 84.9 Å². The number of primary amides is 1. The molecule has 0 aliphatic rings. The van der Waals surface area contributed by atoms with Gasteiger partial charge in [-0.2, -0.15) is 0 Å². The number of hydrogen-bond acceptors (Lipinski definition) is 7. The lowest BCUT2D eigenvalue weighted by Gasteiger charge is -2.30. The molecular weight excluding hydrogens is 548 g/mol. The standard InChI is InChI=1S/C30H52N4O6.ClH/c1-19(2)22(18-33-29(37)23-11-7-8-12-27(23)40-14-10-9-13-39-6)16-25(31)26(35)17-24(20(3)4)30(38)34-21(5)15-28(32)36;/h7-8,11-12,19-22,24-26,35H,9-10,13-18,31H2,1-6H3,(H2,32,36)(H,33,37)(H,34,38);1H/t21-,22+,24-,25+,26+;/m1./s1. The van der Waals surface area contributed by atoms with Crippen LogP contribution in [0.2, 0.25) is 0 Å². The third kappa shape index (κ3) is 14.9. The minimum absolute atomic E-state index is 0. The number of carbonyl (C=O) groups is 3. The van der Waals surface area contributed by atoms with Gasteiger partial charge in [0.05, 0.1) is 18.3 Å². The summed E-state index contributed by atoms with van der Waals surface area (Å²) < 4.78 is 10.9. The van der Waals surface area contributed by atoms with Gasteiger partial charge in [-0.25, -0.2) is 0 Å². The van der Waals surface area contributed by atoms with Crippen LogP contribution in [0.5, 0.6) is 5.75 Å². The maximum atomic E-state index is 13.0. The second-order valence-electron chi connectivity index (χ2n) is 11.4. The molecule has 0 aliphatic carbocycles. The van der Waals surface area contributed by atoms with Gasteiger partial charge in [-0.1, -0.05) is 39.8 Å². The quantitative estimate of drug-likeness (QED) is 0.143. The van der Waals surface area contributed by atoms with E-state index in [2.05, 4.69) is 24.5 Å². The molecule has 10 nitrogen and oxygen atoms in total. The molecule has 0 saturated heterocycles. The third-order valence-corrected chi connectivity index (χ3v) is 7.20. The predicted molar refractivity (Wildman–Crippen MR) is 164 cm³/mol. The van der Waals surface area contributed by atoms with E-state index >= 15 is 0 Å². The average Bonchev–Trinajstić information content (AvgIpc) is 2.88. The van der Waals surface area contributed by atoms with E-state index < -0.39 is 30.0 Å². The van der Waals surface area contributed by atoms with Crippen LogP contribution in [0.4, 0.5) is 0 Å². The minimum atomic E-state index is -0.909. The molecule has 0 saturated carbocycles. The molecule has 0 heterocycles. The van der Waals surface area contributed by atoms with E-state index in [1.807, 2.05) is 19.9 Å². The molecule has 0 spiro atoms. The molecule has 1 aromatic rings. The number of aliphatic hydroxyl groups is 1. The van der Waals surface area contributed by atoms with Crippen molar-refractivity contribution in [2.75, 3.05) is 26.9 Å². The maximum Gasteiger partial charge on any atom is 0.255 e. The average molecular weight is 601 g/mol. The SMILES string of the molecule is COCCCCOc1ccccc1C(=O)NC[C@H](C[C@H](N)[C@@H](O)C[C@@H](C(=O)N[C@H](C)CC(N)=O)C(C)C)C(C)C.Cl. The highest BCUT2D eigenvalue weighted by molar-refractivity contribution is 5.96. The summed E-state index contributed by atoms with van der Waals surface area (Å²) >= 11 is 0. The van der Waals surface area contributed by atoms with Crippen LogP contribution in [0, 0.1) is 23.7 Å². The Morgan fingerprint density at radius 1 is 0.976 bits per heavy atom. The van der Waals surface area contributed by atoms with Gasteiger partial charge in [0.15, 0.2) is 0 Å². The van der Waals surface area contributed by atoms with Gasteiger partial charge in [0.2, 0.25) is 11.8 Å². The summed E-state index contributed by atoms with van der Waals surface area (Å²) in [7, 11) is 1.66. The van der Waals surface area contributed by atoms with Crippen molar-refractivity contribution in [1.29, 1.82) is 0 Å². The topological polar surface area (TPSA) is 166 Å². The van der Waals surface area contributed by atoms with Crippen LogP contribution in [-0.2, 0) is 14.3 Å². The summed E-state index contributed by atoms with van der Waals surface area (Å²) in [6.07, 6.45) is 1.51. The molecule has 5 atom stereocenters. The Hall–Kier alpha value is -2.40. The zero-order valence-corrected chi connectivity index (χ0v) is 26.4. The highest BCUT2D eigenvalue weighted by atomic mass is 35.5. The second-order valence-corrected chi connectivity index (χ2v) is 11.4. The zero-order chi connectivity index (χ0) is 30.2. The molecule has 0 aromatic heterocycles. The number of benzene rings is 1. The Balaban J connectivity index is 0.0000160. The number of ether oxygens (including phenoxy) is 2. The van der Waals surface area contributed by atoms with Crippen molar-refractivity contribution in [3.8, 4) is 5.75 Å². The molecule has 1 rings (SSSR count). The Morgan fingerprint density at radius 3 is 2.20 bits per heavy atom. The van der Waals surface area contributed by atoms with E-state index in [1.54, 1.807) is 32.2 Å². The van der Waals surface area contributed by atoms with Crippen molar-refractivity contribution < 1.29 is 29.0 Å². The second kappa shape index (κ2) is 20.5. The number of halogens is 1. The molecule has 0 bridgehead atoms. The molecule has 236 valence electrons. The molecule has 3 amide bonds. The van der Waals surface area contributed by atoms with Crippen LogP contribution in [0.15, 0.2) is 24.3 Å². The maximum absolute atomic E-state index is 13.0. The summed E-state index contributed by atoms with van der Waals surface area (Å²) in [6, 6.07) is 6.19. The highest BCUT2D eigenvalue weighted by Crippen LogP contribution is 2.24. The van der Waals surface area contributed by atoms with Crippen molar-refractivity contribution >= 4 is 30.1 Å². The van der Waals surface area contributed by atoms with Crippen LogP contribution in [-0.4, -0.2) is 67.9 Å². The number of amides is 3. The molecule has 0 fully saturated rings. The van der Waals surface area contributed by atoms with Crippen molar-refractivity contribution in [2.24, 2.45) is 35.1 Å². The summed E-state index contributed by atoms with van der Waals surface area (Å²) in [5.74, 6) is -0.714. The number of rotatable bonds is 20. The normalized spacial score (nSPS) is 14.9.